The molecule has 1 aliphatic carbocycles. The Morgan fingerprint density at radius 3 is 2.89 bits per heavy atom. The number of amides is 1. The van der Waals surface area contributed by atoms with Crippen molar-refractivity contribution in [2.24, 2.45) is 5.73 Å². The minimum absolute atomic E-state index is 0.407. The van der Waals surface area contributed by atoms with E-state index in [2.05, 4.69) is 10.3 Å². The molecule has 1 aromatic carbocycles. The predicted octanol–water partition coefficient (Wildman–Crippen LogP) is 2.06. The van der Waals surface area contributed by atoms with Crippen LogP contribution in [0.5, 0.6) is 0 Å². The molecular weight excluding hydrogens is 260 g/mol. The molecule has 1 heterocycles. The number of nitrogen functional groups attached to an aromatic ring is 1. The van der Waals surface area contributed by atoms with E-state index >= 15 is 0 Å². The van der Waals surface area contributed by atoms with Gasteiger partial charge in [-0.05, 0) is 37.5 Å². The van der Waals surface area contributed by atoms with Gasteiger partial charge in [-0.2, -0.15) is 0 Å². The Morgan fingerprint density at radius 1 is 1.37 bits per heavy atom. The minimum atomic E-state index is -0.480. The number of rotatable bonds is 3. The molecule has 1 amide bonds. The van der Waals surface area contributed by atoms with Gasteiger partial charge in [0.15, 0.2) is 5.13 Å². The Balaban J connectivity index is 1.84. The fourth-order valence-electron chi connectivity index (χ4n) is 2.19. The van der Waals surface area contributed by atoms with Crippen molar-refractivity contribution >= 4 is 33.8 Å². The van der Waals surface area contributed by atoms with Crippen molar-refractivity contribution in [3.8, 4) is 0 Å². The molecule has 1 aliphatic rings. The van der Waals surface area contributed by atoms with Crippen LogP contribution in [-0.2, 0) is 12.8 Å². The molecule has 3 rings (SSSR count). The van der Waals surface area contributed by atoms with Gasteiger partial charge in [0, 0.05) is 10.4 Å². The standard InChI is InChI=1S/C13H14N4OS/c14-8-6-7(12(15)18)4-5-9(8)16-13-17-10-2-1-3-11(10)19-13/h4-6H,1-3,14H2,(H2,15,18)(H,16,17). The number of nitrogens with one attached hydrogen (secondary N) is 1. The molecule has 0 aliphatic heterocycles. The Hall–Kier alpha value is -2.08. The van der Waals surface area contributed by atoms with Gasteiger partial charge in [-0.3, -0.25) is 4.79 Å². The number of fused-ring (bicyclic) bond motifs is 1. The van der Waals surface area contributed by atoms with Gasteiger partial charge >= 0.3 is 0 Å². The first-order valence-electron chi connectivity index (χ1n) is 6.08. The molecule has 0 spiro atoms. The largest absolute Gasteiger partial charge is 0.397 e. The number of hydrogen-bond donors (Lipinski definition) is 3. The fourth-order valence-corrected chi connectivity index (χ4v) is 3.25. The normalized spacial score (nSPS) is 13.3. The molecule has 2 aromatic rings. The van der Waals surface area contributed by atoms with Crippen molar-refractivity contribution in [3.63, 3.8) is 0 Å². The topological polar surface area (TPSA) is 94.0 Å². The van der Waals surface area contributed by atoms with Gasteiger partial charge in [0.2, 0.25) is 5.91 Å². The lowest BCUT2D eigenvalue weighted by molar-refractivity contribution is 0.100. The zero-order valence-corrected chi connectivity index (χ0v) is 11.1. The van der Waals surface area contributed by atoms with E-state index in [1.165, 1.54) is 17.0 Å². The molecule has 0 unspecified atom stereocenters. The maximum atomic E-state index is 11.1. The van der Waals surface area contributed by atoms with Crippen molar-refractivity contribution in [2.75, 3.05) is 11.1 Å². The van der Waals surface area contributed by atoms with E-state index in [0.29, 0.717) is 11.3 Å². The first kappa shape index (κ1) is 12.0. The number of carbonyl (C=O) groups excluding carboxylic acids is 1. The summed E-state index contributed by atoms with van der Waals surface area (Å²) >= 11 is 1.67. The van der Waals surface area contributed by atoms with Crippen LogP contribution in [0.2, 0.25) is 0 Å². The van der Waals surface area contributed by atoms with E-state index in [0.717, 1.165) is 23.7 Å². The Kier molecular flexibility index (Phi) is 2.87. The number of hydrogen-bond acceptors (Lipinski definition) is 5. The van der Waals surface area contributed by atoms with Crippen LogP contribution in [0.4, 0.5) is 16.5 Å². The van der Waals surface area contributed by atoms with E-state index in [1.54, 1.807) is 29.5 Å². The molecule has 19 heavy (non-hydrogen) atoms. The fraction of sp³-hybridized carbons (Fsp3) is 0.231. The van der Waals surface area contributed by atoms with Crippen LogP contribution in [0, 0.1) is 0 Å². The maximum absolute atomic E-state index is 11.1. The van der Waals surface area contributed by atoms with E-state index in [-0.39, 0.29) is 0 Å². The van der Waals surface area contributed by atoms with Crippen LogP contribution in [0.15, 0.2) is 18.2 Å². The number of aryl methyl sites for hydroxylation is 2. The monoisotopic (exact) mass is 274 g/mol. The summed E-state index contributed by atoms with van der Waals surface area (Å²) in [4.78, 5) is 17.0. The van der Waals surface area contributed by atoms with Gasteiger partial charge in [-0.15, -0.1) is 11.3 Å². The van der Waals surface area contributed by atoms with Crippen LogP contribution in [0.3, 0.4) is 0 Å². The van der Waals surface area contributed by atoms with Gasteiger partial charge in [-0.1, -0.05) is 0 Å². The number of nitrogens with two attached hydrogens (primary N) is 2. The zero-order chi connectivity index (χ0) is 13.4. The van der Waals surface area contributed by atoms with E-state index in [1.807, 2.05) is 0 Å². The summed E-state index contributed by atoms with van der Waals surface area (Å²) in [7, 11) is 0. The van der Waals surface area contributed by atoms with E-state index in [4.69, 9.17) is 11.5 Å². The van der Waals surface area contributed by atoms with Crippen LogP contribution in [0.25, 0.3) is 0 Å². The minimum Gasteiger partial charge on any atom is -0.397 e. The number of benzene rings is 1. The SMILES string of the molecule is NC(=O)c1ccc(Nc2nc3c(s2)CCC3)c(N)c1. The second kappa shape index (κ2) is 4.55. The summed E-state index contributed by atoms with van der Waals surface area (Å²) in [5.41, 5.74) is 14.0. The molecule has 0 bridgehead atoms. The first-order chi connectivity index (χ1) is 9.13. The summed E-state index contributed by atoms with van der Waals surface area (Å²) in [6.45, 7) is 0. The molecule has 1 aromatic heterocycles. The molecule has 6 heteroatoms. The molecule has 0 fully saturated rings. The molecule has 5 nitrogen and oxygen atoms in total. The molecule has 5 N–H and O–H groups in total. The number of anilines is 3. The predicted molar refractivity (Wildman–Crippen MR) is 76.8 cm³/mol. The Morgan fingerprint density at radius 2 is 2.21 bits per heavy atom. The lowest BCUT2D eigenvalue weighted by Crippen LogP contribution is -2.11. The third-order valence-electron chi connectivity index (χ3n) is 3.17. The highest BCUT2D eigenvalue weighted by molar-refractivity contribution is 7.15. The van der Waals surface area contributed by atoms with Crippen LogP contribution in [0.1, 0.15) is 27.3 Å². The summed E-state index contributed by atoms with van der Waals surface area (Å²) < 4.78 is 0. The van der Waals surface area contributed by atoms with Crippen LogP contribution < -0.4 is 16.8 Å². The number of aromatic nitrogens is 1. The number of thiazole rings is 1. The van der Waals surface area contributed by atoms with Crippen LogP contribution >= 0.6 is 11.3 Å². The quantitative estimate of drug-likeness (QED) is 0.747. The molecule has 0 atom stereocenters. The second-order valence-electron chi connectivity index (χ2n) is 4.53. The molecular formula is C13H14N4OS. The molecule has 0 saturated carbocycles. The lowest BCUT2D eigenvalue weighted by Gasteiger charge is -2.07. The third-order valence-corrected chi connectivity index (χ3v) is 4.25. The lowest BCUT2D eigenvalue weighted by atomic mass is 10.1. The zero-order valence-electron chi connectivity index (χ0n) is 10.3. The summed E-state index contributed by atoms with van der Waals surface area (Å²) in [5, 5.41) is 4.05. The van der Waals surface area contributed by atoms with Crippen molar-refractivity contribution < 1.29 is 4.79 Å². The maximum Gasteiger partial charge on any atom is 0.248 e. The summed E-state index contributed by atoms with van der Waals surface area (Å²) in [6, 6.07) is 4.98. The first-order valence-corrected chi connectivity index (χ1v) is 6.90. The van der Waals surface area contributed by atoms with Gasteiger partial charge in [0.05, 0.1) is 17.1 Å². The second-order valence-corrected chi connectivity index (χ2v) is 5.62. The van der Waals surface area contributed by atoms with Crippen molar-refractivity contribution in [1.29, 1.82) is 0 Å². The Labute approximate surface area is 114 Å². The molecule has 98 valence electrons. The smallest absolute Gasteiger partial charge is 0.248 e. The number of primary amides is 1. The van der Waals surface area contributed by atoms with E-state index < -0.39 is 5.91 Å². The summed E-state index contributed by atoms with van der Waals surface area (Å²) in [6.07, 6.45) is 3.37. The van der Waals surface area contributed by atoms with Crippen molar-refractivity contribution in [2.45, 2.75) is 19.3 Å². The van der Waals surface area contributed by atoms with Gasteiger partial charge in [-0.25, -0.2) is 4.98 Å². The van der Waals surface area contributed by atoms with Crippen LogP contribution in [-0.4, -0.2) is 10.9 Å². The highest BCUT2D eigenvalue weighted by Gasteiger charge is 2.17. The molecule has 0 radical (unpaired) electrons. The number of carbonyl (C=O) groups is 1. The van der Waals surface area contributed by atoms with Gasteiger partial charge in [0.1, 0.15) is 0 Å². The highest BCUT2D eigenvalue weighted by atomic mass is 32.1. The van der Waals surface area contributed by atoms with E-state index in [9.17, 15) is 4.79 Å². The van der Waals surface area contributed by atoms with Gasteiger partial charge < -0.3 is 16.8 Å². The molecule has 0 saturated heterocycles. The highest BCUT2D eigenvalue weighted by Crippen LogP contribution is 2.33. The Bertz CT molecular complexity index is 629. The van der Waals surface area contributed by atoms with Gasteiger partial charge in [0.25, 0.3) is 0 Å². The van der Waals surface area contributed by atoms with Crippen molar-refractivity contribution in [1.82, 2.24) is 4.98 Å². The third kappa shape index (κ3) is 2.26. The number of nitrogens with zero attached hydrogens (tertiary/aromatic N) is 1. The summed E-state index contributed by atoms with van der Waals surface area (Å²) in [5.74, 6) is -0.480. The van der Waals surface area contributed by atoms with Crippen molar-refractivity contribution in [3.05, 3.63) is 34.3 Å². The average molecular weight is 274 g/mol. The average Bonchev–Trinajstić information content (AvgIpc) is 2.92.